The highest BCUT2D eigenvalue weighted by Crippen LogP contribution is 2.25. The zero-order valence-corrected chi connectivity index (χ0v) is 22.1. The molecule has 0 spiro atoms. The number of esters is 2. The van der Waals surface area contributed by atoms with Crippen molar-refractivity contribution in [3.63, 3.8) is 0 Å². The summed E-state index contributed by atoms with van der Waals surface area (Å²) < 4.78 is 11.0. The smallest absolute Gasteiger partial charge is 0.342 e. The first-order chi connectivity index (χ1) is 18.0. The van der Waals surface area contributed by atoms with Crippen LogP contribution in [0.2, 0.25) is 0 Å². The standard InChI is InChI=1S/C28H34N2O8/c1-17(37-27(35)23-9-5-7-21(19(3)31)25(23)33)15-29-11-13-30(14-12-29)16-18(2)38-28(36)24-10-6-8-22(20(4)32)26(24)34/h5-10,17-18,33-34H,11-16H2,1-4H3. The molecule has 1 fully saturated rings. The van der Waals surface area contributed by atoms with Crippen molar-refractivity contribution < 1.29 is 38.9 Å². The van der Waals surface area contributed by atoms with E-state index in [1.54, 1.807) is 13.8 Å². The number of nitrogens with zero attached hydrogens (tertiary/aromatic N) is 2. The Kier molecular flexibility index (Phi) is 9.60. The van der Waals surface area contributed by atoms with E-state index in [2.05, 4.69) is 9.80 Å². The highest BCUT2D eigenvalue weighted by molar-refractivity contribution is 6.03. The quantitative estimate of drug-likeness (QED) is 0.352. The number of rotatable bonds is 10. The summed E-state index contributed by atoms with van der Waals surface area (Å²) >= 11 is 0. The van der Waals surface area contributed by atoms with E-state index in [0.29, 0.717) is 13.1 Å². The number of ketones is 2. The average Bonchev–Trinajstić information content (AvgIpc) is 2.84. The first kappa shape index (κ1) is 28.8. The highest BCUT2D eigenvalue weighted by Gasteiger charge is 2.25. The minimum atomic E-state index is -0.688. The van der Waals surface area contributed by atoms with Crippen molar-refractivity contribution in [2.45, 2.75) is 39.9 Å². The van der Waals surface area contributed by atoms with Crippen LogP contribution >= 0.6 is 0 Å². The fourth-order valence-electron chi connectivity index (χ4n) is 4.43. The van der Waals surface area contributed by atoms with Crippen molar-refractivity contribution in [1.29, 1.82) is 0 Å². The lowest BCUT2D eigenvalue weighted by molar-refractivity contribution is 0.00821. The van der Waals surface area contributed by atoms with Crippen molar-refractivity contribution >= 4 is 23.5 Å². The van der Waals surface area contributed by atoms with E-state index in [4.69, 9.17) is 9.47 Å². The molecule has 0 radical (unpaired) electrons. The lowest BCUT2D eigenvalue weighted by Crippen LogP contribution is -2.50. The molecule has 0 aromatic heterocycles. The molecule has 1 aliphatic heterocycles. The van der Waals surface area contributed by atoms with E-state index in [-0.39, 0.29) is 45.3 Å². The summed E-state index contributed by atoms with van der Waals surface area (Å²) in [5.41, 5.74) is 0.0625. The van der Waals surface area contributed by atoms with E-state index >= 15 is 0 Å². The Hall–Kier alpha value is -3.76. The number of aromatic hydroxyl groups is 2. The maximum Gasteiger partial charge on any atom is 0.342 e. The van der Waals surface area contributed by atoms with Crippen molar-refractivity contribution in [2.24, 2.45) is 0 Å². The van der Waals surface area contributed by atoms with Crippen molar-refractivity contribution in [2.75, 3.05) is 39.3 Å². The molecule has 0 saturated carbocycles. The molecule has 2 aromatic rings. The van der Waals surface area contributed by atoms with Crippen LogP contribution in [-0.2, 0) is 9.47 Å². The summed E-state index contributed by atoms with van der Waals surface area (Å²) in [4.78, 5) is 52.6. The molecule has 2 atom stereocenters. The molecule has 0 amide bonds. The summed E-state index contributed by atoms with van der Waals surface area (Å²) in [7, 11) is 0. The van der Waals surface area contributed by atoms with Crippen LogP contribution in [0.4, 0.5) is 0 Å². The van der Waals surface area contributed by atoms with Gasteiger partial charge in [0, 0.05) is 39.3 Å². The fourth-order valence-corrected chi connectivity index (χ4v) is 4.43. The summed E-state index contributed by atoms with van der Waals surface area (Å²) in [6.07, 6.45) is -0.875. The van der Waals surface area contributed by atoms with E-state index in [1.807, 2.05) is 0 Å². The van der Waals surface area contributed by atoms with Gasteiger partial charge in [0.1, 0.15) is 34.8 Å². The second-order valence-electron chi connectivity index (χ2n) is 9.55. The number of phenols is 2. The number of benzene rings is 2. The van der Waals surface area contributed by atoms with Crippen LogP contribution in [0.25, 0.3) is 0 Å². The van der Waals surface area contributed by atoms with Gasteiger partial charge in [-0.2, -0.15) is 0 Å². The molecular weight excluding hydrogens is 492 g/mol. The SMILES string of the molecule is CC(=O)c1cccc(C(=O)OC(C)CN2CCN(CC(C)OC(=O)c3cccc(C(C)=O)c3O)CC2)c1O. The largest absolute Gasteiger partial charge is 0.506 e. The van der Waals surface area contributed by atoms with Crippen LogP contribution in [0.3, 0.4) is 0 Å². The Morgan fingerprint density at radius 2 is 1.00 bits per heavy atom. The molecule has 1 heterocycles. The Bertz CT molecular complexity index is 1110. The minimum Gasteiger partial charge on any atom is -0.506 e. The summed E-state index contributed by atoms with van der Waals surface area (Å²) in [6, 6.07) is 8.81. The van der Waals surface area contributed by atoms with E-state index < -0.39 is 24.1 Å². The highest BCUT2D eigenvalue weighted by atomic mass is 16.5. The van der Waals surface area contributed by atoms with Gasteiger partial charge in [-0.25, -0.2) is 9.59 Å². The molecule has 3 rings (SSSR count). The monoisotopic (exact) mass is 526 g/mol. The zero-order valence-electron chi connectivity index (χ0n) is 22.1. The predicted molar refractivity (Wildman–Crippen MR) is 139 cm³/mol. The molecule has 204 valence electrons. The van der Waals surface area contributed by atoms with Gasteiger partial charge in [0.15, 0.2) is 11.6 Å². The van der Waals surface area contributed by atoms with Gasteiger partial charge in [-0.3, -0.25) is 19.4 Å². The Morgan fingerprint density at radius 3 is 1.32 bits per heavy atom. The van der Waals surface area contributed by atoms with Gasteiger partial charge in [-0.05, 0) is 52.0 Å². The third-order valence-electron chi connectivity index (χ3n) is 6.38. The molecule has 1 saturated heterocycles. The number of Topliss-reactive ketones (excluding diaryl/α,β-unsaturated/α-hetero) is 2. The maximum atomic E-state index is 12.5. The third-order valence-corrected chi connectivity index (χ3v) is 6.38. The van der Waals surface area contributed by atoms with Gasteiger partial charge in [0.2, 0.25) is 0 Å². The molecule has 10 heteroatoms. The zero-order chi connectivity index (χ0) is 28.0. The van der Waals surface area contributed by atoms with Gasteiger partial charge in [-0.15, -0.1) is 0 Å². The van der Waals surface area contributed by atoms with E-state index in [9.17, 15) is 29.4 Å². The average molecular weight is 527 g/mol. The van der Waals surface area contributed by atoms with Gasteiger partial charge in [0.05, 0.1) is 11.1 Å². The second-order valence-corrected chi connectivity index (χ2v) is 9.55. The number of para-hydroxylation sites is 2. The number of carbonyl (C=O) groups excluding carboxylic acids is 4. The van der Waals surface area contributed by atoms with Crippen LogP contribution in [0.1, 0.15) is 69.1 Å². The Labute approximate surface area is 221 Å². The number of piperazine rings is 1. The first-order valence-electron chi connectivity index (χ1n) is 12.5. The Balaban J connectivity index is 1.45. The van der Waals surface area contributed by atoms with Gasteiger partial charge in [-0.1, -0.05) is 12.1 Å². The lowest BCUT2D eigenvalue weighted by atomic mass is 10.1. The molecule has 0 bridgehead atoms. The normalized spacial score (nSPS) is 15.9. The van der Waals surface area contributed by atoms with Crippen molar-refractivity contribution in [1.82, 2.24) is 9.80 Å². The van der Waals surface area contributed by atoms with Crippen molar-refractivity contribution in [3.8, 4) is 11.5 Å². The molecule has 10 nitrogen and oxygen atoms in total. The van der Waals surface area contributed by atoms with Gasteiger partial charge in [0.25, 0.3) is 0 Å². The summed E-state index contributed by atoms with van der Waals surface area (Å²) in [5.74, 6) is -2.80. The van der Waals surface area contributed by atoms with E-state index in [0.717, 1.165) is 26.2 Å². The van der Waals surface area contributed by atoms with Crippen molar-refractivity contribution in [3.05, 3.63) is 58.7 Å². The number of ether oxygens (including phenoxy) is 2. The Morgan fingerprint density at radius 1 is 0.684 bits per heavy atom. The lowest BCUT2D eigenvalue weighted by Gasteiger charge is -2.36. The second kappa shape index (κ2) is 12.7. The molecule has 1 aliphatic rings. The van der Waals surface area contributed by atoms with Gasteiger partial charge >= 0.3 is 11.9 Å². The van der Waals surface area contributed by atoms with Crippen LogP contribution in [0.15, 0.2) is 36.4 Å². The number of hydrogen-bond donors (Lipinski definition) is 2. The predicted octanol–water partition coefficient (Wildman–Crippen LogP) is 2.91. The summed E-state index contributed by atoms with van der Waals surface area (Å²) in [5, 5.41) is 20.5. The maximum absolute atomic E-state index is 12.5. The van der Waals surface area contributed by atoms with E-state index in [1.165, 1.54) is 50.2 Å². The molecule has 2 unspecified atom stereocenters. The minimum absolute atomic E-state index is 0.0424. The van der Waals surface area contributed by atoms with Gasteiger partial charge < -0.3 is 19.7 Å². The molecular formula is C28H34N2O8. The molecule has 38 heavy (non-hydrogen) atoms. The van der Waals surface area contributed by atoms with Crippen LogP contribution in [0, 0.1) is 0 Å². The topological polar surface area (TPSA) is 134 Å². The van der Waals surface area contributed by atoms with Crippen LogP contribution < -0.4 is 0 Å². The number of carbonyl (C=O) groups is 4. The number of phenolic OH excluding ortho intramolecular Hbond substituents is 2. The fraction of sp³-hybridized carbons (Fsp3) is 0.429. The van der Waals surface area contributed by atoms with Crippen LogP contribution in [0.5, 0.6) is 11.5 Å². The molecule has 2 N–H and O–H groups in total. The molecule has 0 aliphatic carbocycles. The third kappa shape index (κ3) is 7.17. The van der Waals surface area contributed by atoms with Crippen LogP contribution in [-0.4, -0.2) is 95.0 Å². The summed E-state index contributed by atoms with van der Waals surface area (Å²) in [6.45, 7) is 10.1. The molecule has 2 aromatic carbocycles. The first-order valence-corrected chi connectivity index (χ1v) is 12.5. The number of hydrogen-bond acceptors (Lipinski definition) is 10.